The van der Waals surface area contributed by atoms with Crippen molar-refractivity contribution >= 4 is 46.5 Å². The van der Waals surface area contributed by atoms with Crippen molar-refractivity contribution in [3.05, 3.63) is 66.4 Å². The number of aromatic nitrogens is 2. The van der Waals surface area contributed by atoms with Gasteiger partial charge in [0.2, 0.25) is 11.9 Å². The number of nitrogens with zero attached hydrogens (tertiary/aromatic N) is 6. The number of hydrogen-bond donors (Lipinski definition) is 2. The predicted molar refractivity (Wildman–Crippen MR) is 164 cm³/mol. The molecule has 3 aromatic rings. The molecular formula is C30H32F6N8O3. The summed E-state index contributed by atoms with van der Waals surface area (Å²) >= 11 is 0. The number of benzene rings is 2. The van der Waals surface area contributed by atoms with E-state index in [2.05, 4.69) is 27.2 Å². The lowest BCUT2D eigenvalue weighted by Crippen LogP contribution is -2.48. The Bertz CT molecular complexity index is 1630. The zero-order chi connectivity index (χ0) is 34.7. The SMILES string of the molecule is C=CC(=O)Nc1cc(Nc2ncc3c(n2)N(c2ccc(C(F)(F)F)cc2)C(=O)N(CC(F)(F)F)C3)c(OC)cc1N(C)CCN(C)C. The maximum atomic E-state index is 13.4. The molecule has 3 amide bonds. The number of hydrogen-bond acceptors (Lipinski definition) is 8. The number of ether oxygens (including phenoxy) is 1. The van der Waals surface area contributed by atoms with Crippen LogP contribution in [0.1, 0.15) is 11.1 Å². The Balaban J connectivity index is 1.77. The molecule has 2 aromatic carbocycles. The Kier molecular flexibility index (Phi) is 10.2. The number of nitrogens with one attached hydrogen (secondary N) is 2. The Hall–Kier alpha value is -5.06. The quantitative estimate of drug-likeness (QED) is 0.190. The second kappa shape index (κ2) is 13.7. The van der Waals surface area contributed by atoms with E-state index in [0.29, 0.717) is 47.2 Å². The van der Waals surface area contributed by atoms with Crippen LogP contribution in [0.5, 0.6) is 5.75 Å². The van der Waals surface area contributed by atoms with E-state index in [0.717, 1.165) is 23.1 Å². The van der Waals surface area contributed by atoms with Crippen LogP contribution in [0.25, 0.3) is 0 Å². The Morgan fingerprint density at radius 1 is 1.06 bits per heavy atom. The lowest BCUT2D eigenvalue weighted by atomic mass is 10.1. The van der Waals surface area contributed by atoms with Crippen molar-refractivity contribution in [2.75, 3.05) is 68.3 Å². The number of anilines is 6. The summed E-state index contributed by atoms with van der Waals surface area (Å²) in [5.74, 6) is -0.431. The highest BCUT2D eigenvalue weighted by molar-refractivity contribution is 6.02. The molecule has 0 bridgehead atoms. The molecule has 0 spiro atoms. The molecule has 0 atom stereocenters. The van der Waals surface area contributed by atoms with Gasteiger partial charge in [0.15, 0.2) is 5.82 Å². The number of carbonyl (C=O) groups is 2. The molecule has 47 heavy (non-hydrogen) atoms. The summed E-state index contributed by atoms with van der Waals surface area (Å²) < 4.78 is 85.3. The normalized spacial score (nSPS) is 13.4. The van der Waals surface area contributed by atoms with E-state index in [1.165, 1.54) is 13.3 Å². The molecule has 0 fully saturated rings. The van der Waals surface area contributed by atoms with Gasteiger partial charge >= 0.3 is 18.4 Å². The van der Waals surface area contributed by atoms with Gasteiger partial charge in [-0.15, -0.1) is 0 Å². The van der Waals surface area contributed by atoms with Crippen LogP contribution in [0.15, 0.2) is 55.3 Å². The molecule has 0 unspecified atom stereocenters. The van der Waals surface area contributed by atoms with Crippen LogP contribution in [0, 0.1) is 0 Å². The van der Waals surface area contributed by atoms with Crippen molar-refractivity contribution in [1.82, 2.24) is 19.8 Å². The molecule has 4 rings (SSSR count). The number of likely N-dealkylation sites (N-methyl/N-ethyl adjacent to an activating group) is 2. The van der Waals surface area contributed by atoms with E-state index in [1.807, 2.05) is 30.9 Å². The lowest BCUT2D eigenvalue weighted by Gasteiger charge is -2.36. The first-order valence-electron chi connectivity index (χ1n) is 14.0. The third kappa shape index (κ3) is 8.41. The zero-order valence-corrected chi connectivity index (χ0v) is 25.8. The highest BCUT2D eigenvalue weighted by Gasteiger charge is 2.40. The number of rotatable bonds is 11. The maximum absolute atomic E-state index is 13.4. The highest BCUT2D eigenvalue weighted by Crippen LogP contribution is 2.40. The fourth-order valence-electron chi connectivity index (χ4n) is 4.67. The summed E-state index contributed by atoms with van der Waals surface area (Å²) in [5.41, 5.74) is 0.228. The van der Waals surface area contributed by atoms with Gasteiger partial charge in [-0.25, -0.2) is 14.7 Å². The van der Waals surface area contributed by atoms with Gasteiger partial charge in [0.1, 0.15) is 12.3 Å². The Morgan fingerprint density at radius 3 is 2.32 bits per heavy atom. The van der Waals surface area contributed by atoms with Gasteiger partial charge in [0.05, 0.1) is 42.0 Å². The van der Waals surface area contributed by atoms with E-state index < -0.39 is 42.9 Å². The first kappa shape index (κ1) is 34.8. The Labute approximate surface area is 266 Å². The second-order valence-corrected chi connectivity index (χ2v) is 10.8. The van der Waals surface area contributed by atoms with Crippen LogP contribution in [0.3, 0.4) is 0 Å². The monoisotopic (exact) mass is 666 g/mol. The molecule has 252 valence electrons. The number of methoxy groups -OCH3 is 1. The number of alkyl halides is 6. The molecular weight excluding hydrogens is 634 g/mol. The van der Waals surface area contributed by atoms with Crippen molar-refractivity contribution in [2.45, 2.75) is 18.9 Å². The predicted octanol–water partition coefficient (Wildman–Crippen LogP) is 6.01. The summed E-state index contributed by atoms with van der Waals surface area (Å²) in [5, 5.41) is 5.71. The van der Waals surface area contributed by atoms with Gasteiger partial charge in [-0.05, 0) is 50.5 Å². The van der Waals surface area contributed by atoms with E-state index in [4.69, 9.17) is 4.74 Å². The van der Waals surface area contributed by atoms with Gasteiger partial charge in [-0.1, -0.05) is 6.58 Å². The van der Waals surface area contributed by atoms with Crippen molar-refractivity contribution in [3.8, 4) is 5.75 Å². The largest absolute Gasteiger partial charge is 0.494 e. The van der Waals surface area contributed by atoms with E-state index in [-0.39, 0.29) is 28.7 Å². The van der Waals surface area contributed by atoms with Crippen LogP contribution in [-0.2, 0) is 17.5 Å². The van der Waals surface area contributed by atoms with Gasteiger partial charge < -0.3 is 30.1 Å². The molecule has 11 nitrogen and oxygen atoms in total. The number of urea groups is 1. The average Bonchev–Trinajstić information content (AvgIpc) is 2.99. The molecule has 2 N–H and O–H groups in total. The van der Waals surface area contributed by atoms with E-state index in [9.17, 15) is 35.9 Å². The van der Waals surface area contributed by atoms with Gasteiger partial charge in [-0.3, -0.25) is 4.79 Å². The molecule has 0 aliphatic carbocycles. The topological polar surface area (TPSA) is 106 Å². The fraction of sp³-hybridized carbons (Fsp3) is 0.333. The van der Waals surface area contributed by atoms with Gasteiger partial charge in [0.25, 0.3) is 0 Å². The number of carbonyl (C=O) groups excluding carboxylic acids is 2. The average molecular weight is 667 g/mol. The first-order chi connectivity index (χ1) is 22.0. The lowest BCUT2D eigenvalue weighted by molar-refractivity contribution is -0.141. The molecule has 0 radical (unpaired) electrons. The Morgan fingerprint density at radius 2 is 1.74 bits per heavy atom. The fourth-order valence-corrected chi connectivity index (χ4v) is 4.67. The summed E-state index contributed by atoms with van der Waals surface area (Å²) in [6.07, 6.45) is -7.11. The smallest absolute Gasteiger partial charge is 0.416 e. The van der Waals surface area contributed by atoms with Crippen molar-refractivity contribution in [3.63, 3.8) is 0 Å². The first-order valence-corrected chi connectivity index (χ1v) is 14.0. The number of amides is 3. The van der Waals surface area contributed by atoms with E-state index in [1.54, 1.807) is 12.1 Å². The maximum Gasteiger partial charge on any atom is 0.416 e. The summed E-state index contributed by atoms with van der Waals surface area (Å²) in [6, 6.07) is 5.46. The van der Waals surface area contributed by atoms with Crippen LogP contribution < -0.4 is 25.2 Å². The minimum absolute atomic E-state index is 0.114. The summed E-state index contributed by atoms with van der Waals surface area (Å²) in [6.45, 7) is 2.68. The van der Waals surface area contributed by atoms with Gasteiger partial charge in [0, 0.05) is 38.0 Å². The minimum Gasteiger partial charge on any atom is -0.494 e. The molecule has 17 heteroatoms. The molecule has 2 heterocycles. The third-order valence-corrected chi connectivity index (χ3v) is 7.00. The van der Waals surface area contributed by atoms with Crippen LogP contribution in [0.4, 0.5) is 65.7 Å². The molecule has 1 aromatic heterocycles. The third-order valence-electron chi connectivity index (χ3n) is 7.00. The highest BCUT2D eigenvalue weighted by atomic mass is 19.4. The minimum atomic E-state index is -4.75. The van der Waals surface area contributed by atoms with Crippen LogP contribution in [0.2, 0.25) is 0 Å². The van der Waals surface area contributed by atoms with Crippen LogP contribution in [-0.4, -0.2) is 85.8 Å². The van der Waals surface area contributed by atoms with Crippen molar-refractivity contribution in [2.24, 2.45) is 0 Å². The molecule has 0 saturated heterocycles. The second-order valence-electron chi connectivity index (χ2n) is 10.8. The number of fused-ring (bicyclic) bond motifs is 1. The van der Waals surface area contributed by atoms with Crippen LogP contribution >= 0.6 is 0 Å². The van der Waals surface area contributed by atoms with Crippen molar-refractivity contribution in [1.29, 1.82) is 0 Å². The zero-order valence-electron chi connectivity index (χ0n) is 25.8. The van der Waals surface area contributed by atoms with Crippen molar-refractivity contribution < 1.29 is 40.7 Å². The number of halogens is 6. The van der Waals surface area contributed by atoms with Gasteiger partial charge in [-0.2, -0.15) is 31.3 Å². The molecule has 0 saturated carbocycles. The standard InChI is InChI=1S/C30H32F6N8O3/c1-6-25(45)38-21-13-22(24(47-5)14-23(21)42(4)12-11-41(2)3)39-27-37-15-18-16-43(17-29(31,32)33)28(46)44(26(18)40-27)20-9-7-19(8-10-20)30(34,35)36/h6-10,13-15H,1,11-12,16-17H2,2-5H3,(H,38,45)(H,37,39,40). The summed E-state index contributed by atoms with van der Waals surface area (Å²) in [7, 11) is 7.08. The molecule has 1 aliphatic heterocycles. The summed E-state index contributed by atoms with van der Waals surface area (Å²) in [4.78, 5) is 39.4. The molecule has 1 aliphatic rings. The van der Waals surface area contributed by atoms with E-state index >= 15 is 0 Å².